The highest BCUT2D eigenvalue weighted by atomic mass is 16.7. The molecule has 512 valence electrons. The van der Waals surface area contributed by atoms with Crippen LogP contribution in [-0.4, -0.2) is 99.6 Å². The number of allylic oxidation sites excluding steroid dienone is 5. The second kappa shape index (κ2) is 64.0. The fourth-order valence-corrected chi connectivity index (χ4v) is 12.1. The molecule has 1 rings (SSSR count). The molecular formula is C76H143NO10. The van der Waals surface area contributed by atoms with Crippen molar-refractivity contribution < 1.29 is 49.3 Å². The van der Waals surface area contributed by atoms with Gasteiger partial charge in [0, 0.05) is 6.42 Å². The Balaban J connectivity index is 2.50. The molecule has 1 heterocycles. The summed E-state index contributed by atoms with van der Waals surface area (Å²) in [5.41, 5.74) is 0. The number of carbonyl (C=O) groups is 2. The fraction of sp³-hybridized carbons (Fsp3) is 0.895. The van der Waals surface area contributed by atoms with Gasteiger partial charge in [-0.05, 0) is 77.0 Å². The van der Waals surface area contributed by atoms with E-state index in [1.54, 1.807) is 6.08 Å². The predicted octanol–water partition coefficient (Wildman–Crippen LogP) is 19.7. The van der Waals surface area contributed by atoms with Gasteiger partial charge in [0.2, 0.25) is 5.91 Å². The second-order valence-corrected chi connectivity index (χ2v) is 26.4. The van der Waals surface area contributed by atoms with Crippen LogP contribution >= 0.6 is 0 Å². The SMILES string of the molecule is CCCCCCCC/C=C/CCCCCCCCCCCCCCCCCC(=O)OC1C(OCC(NC(=O)C(O)CCCCCCCCCCCCCC/C=C/CCCCCCCC)C(O)/C=C/CCCCCCCCCCC)OC(CO)C(O)C1O. The lowest BCUT2D eigenvalue weighted by Gasteiger charge is -2.41. The van der Waals surface area contributed by atoms with E-state index < -0.39 is 67.4 Å². The zero-order valence-corrected chi connectivity index (χ0v) is 57.2. The third-order valence-corrected chi connectivity index (χ3v) is 18.0. The fourth-order valence-electron chi connectivity index (χ4n) is 12.1. The first-order chi connectivity index (χ1) is 42.7. The maximum Gasteiger partial charge on any atom is 0.306 e. The molecule has 8 unspecified atom stereocenters. The number of esters is 1. The molecule has 0 spiro atoms. The summed E-state index contributed by atoms with van der Waals surface area (Å²) in [6, 6.07) is -1.02. The van der Waals surface area contributed by atoms with Crippen LogP contribution in [-0.2, 0) is 23.8 Å². The molecule has 11 heteroatoms. The molecule has 87 heavy (non-hydrogen) atoms. The maximum absolute atomic E-state index is 13.5. The number of amides is 1. The Morgan fingerprint density at radius 3 is 1.11 bits per heavy atom. The minimum atomic E-state index is -1.61. The van der Waals surface area contributed by atoms with Gasteiger partial charge in [-0.1, -0.05) is 327 Å². The quantitative estimate of drug-likeness (QED) is 0.0195. The number of aliphatic hydroxyl groups excluding tert-OH is 5. The molecule has 1 fully saturated rings. The van der Waals surface area contributed by atoms with E-state index in [4.69, 9.17) is 14.2 Å². The van der Waals surface area contributed by atoms with Gasteiger partial charge in [-0.15, -0.1) is 0 Å². The molecule has 0 saturated carbocycles. The third-order valence-electron chi connectivity index (χ3n) is 18.0. The Kier molecular flexibility index (Phi) is 61.0. The van der Waals surface area contributed by atoms with Gasteiger partial charge in [-0.3, -0.25) is 9.59 Å². The van der Waals surface area contributed by atoms with E-state index in [1.807, 2.05) is 6.08 Å². The van der Waals surface area contributed by atoms with Gasteiger partial charge in [0.15, 0.2) is 12.4 Å². The topological polar surface area (TPSA) is 175 Å². The molecule has 6 N–H and O–H groups in total. The van der Waals surface area contributed by atoms with Gasteiger partial charge in [0.1, 0.15) is 24.4 Å². The van der Waals surface area contributed by atoms with Gasteiger partial charge in [-0.25, -0.2) is 0 Å². The van der Waals surface area contributed by atoms with E-state index in [2.05, 4.69) is 50.4 Å². The molecule has 0 aromatic rings. The second-order valence-electron chi connectivity index (χ2n) is 26.4. The molecule has 0 aromatic heterocycles. The molecule has 8 atom stereocenters. The van der Waals surface area contributed by atoms with Crippen LogP contribution in [0, 0.1) is 0 Å². The number of hydrogen-bond acceptors (Lipinski definition) is 10. The molecular weight excluding hydrogens is 1090 g/mol. The first-order valence-corrected chi connectivity index (χ1v) is 37.8. The van der Waals surface area contributed by atoms with E-state index in [-0.39, 0.29) is 13.0 Å². The summed E-state index contributed by atoms with van der Waals surface area (Å²) in [7, 11) is 0. The number of unbranched alkanes of at least 4 members (excludes halogenated alkanes) is 48. The summed E-state index contributed by atoms with van der Waals surface area (Å²) >= 11 is 0. The van der Waals surface area contributed by atoms with E-state index in [1.165, 1.54) is 270 Å². The van der Waals surface area contributed by atoms with Crippen molar-refractivity contribution in [3.05, 3.63) is 36.5 Å². The van der Waals surface area contributed by atoms with Crippen LogP contribution in [0.5, 0.6) is 0 Å². The van der Waals surface area contributed by atoms with E-state index >= 15 is 0 Å². The Morgan fingerprint density at radius 2 is 0.759 bits per heavy atom. The lowest BCUT2D eigenvalue weighted by atomic mass is 9.99. The monoisotopic (exact) mass is 1230 g/mol. The van der Waals surface area contributed by atoms with E-state index in [0.29, 0.717) is 19.3 Å². The minimum absolute atomic E-state index is 0.128. The Morgan fingerprint density at radius 1 is 0.437 bits per heavy atom. The molecule has 0 bridgehead atoms. The number of nitrogens with one attached hydrogen (secondary N) is 1. The van der Waals surface area contributed by atoms with Crippen molar-refractivity contribution in [2.24, 2.45) is 0 Å². The number of aliphatic hydroxyl groups is 5. The van der Waals surface area contributed by atoms with Gasteiger partial charge < -0.3 is 45.1 Å². The van der Waals surface area contributed by atoms with Crippen LogP contribution in [0.25, 0.3) is 0 Å². The Hall–Kier alpha value is -2.12. The van der Waals surface area contributed by atoms with E-state index in [0.717, 1.165) is 57.8 Å². The highest BCUT2D eigenvalue weighted by Gasteiger charge is 2.47. The van der Waals surface area contributed by atoms with Gasteiger partial charge >= 0.3 is 5.97 Å². The highest BCUT2D eigenvalue weighted by molar-refractivity contribution is 5.80. The van der Waals surface area contributed by atoms with E-state index in [9.17, 15) is 35.1 Å². The standard InChI is InChI=1S/C76H143NO10/c1-4-7-10-13-16-19-22-24-26-28-30-32-34-35-36-38-40-42-44-46-49-52-55-58-61-64-71(81)87-74-73(83)72(82)70(65-78)86-76(74)85-66-67(68(79)62-59-56-53-50-47-21-18-15-12-9-6-3)77-75(84)69(80)63-60-57-54-51-48-45-43-41-39-37-33-31-29-27-25-23-20-17-14-11-8-5-2/h24-27,59,62,67-70,72-74,76,78-80,82-83H,4-23,28-58,60-61,63-66H2,1-3H3,(H,77,84)/b26-24+,27-25+,62-59+. The molecule has 0 aromatic carbocycles. The van der Waals surface area contributed by atoms with Crippen LogP contribution in [0.3, 0.4) is 0 Å². The lowest BCUT2D eigenvalue weighted by molar-refractivity contribution is -0.305. The summed E-state index contributed by atoms with van der Waals surface area (Å²) in [6.07, 6.45) is 69.1. The van der Waals surface area contributed by atoms with Crippen molar-refractivity contribution in [2.45, 2.75) is 423 Å². The zero-order valence-electron chi connectivity index (χ0n) is 57.2. The minimum Gasteiger partial charge on any atom is -0.454 e. The normalized spacial score (nSPS) is 18.4. The van der Waals surface area contributed by atoms with Crippen molar-refractivity contribution >= 4 is 11.9 Å². The van der Waals surface area contributed by atoms with Crippen molar-refractivity contribution in [3.8, 4) is 0 Å². The highest BCUT2D eigenvalue weighted by Crippen LogP contribution is 2.27. The molecule has 1 amide bonds. The number of hydrogen-bond donors (Lipinski definition) is 6. The maximum atomic E-state index is 13.5. The summed E-state index contributed by atoms with van der Waals surface area (Å²) in [4.78, 5) is 26.7. The molecule has 1 aliphatic heterocycles. The van der Waals surface area contributed by atoms with Crippen LogP contribution < -0.4 is 5.32 Å². The first-order valence-electron chi connectivity index (χ1n) is 37.8. The number of rotatable bonds is 66. The van der Waals surface area contributed by atoms with Crippen LogP contribution in [0.2, 0.25) is 0 Å². The van der Waals surface area contributed by atoms with Gasteiger partial charge in [-0.2, -0.15) is 0 Å². The summed E-state index contributed by atoms with van der Waals surface area (Å²) in [5.74, 6) is -1.18. The molecule has 1 aliphatic rings. The molecule has 0 aliphatic carbocycles. The van der Waals surface area contributed by atoms with Crippen molar-refractivity contribution in [1.29, 1.82) is 0 Å². The molecule has 1 saturated heterocycles. The van der Waals surface area contributed by atoms with Gasteiger partial charge in [0.05, 0.1) is 25.4 Å². The summed E-state index contributed by atoms with van der Waals surface area (Å²) in [5, 5.41) is 57.3. The van der Waals surface area contributed by atoms with Crippen LogP contribution in [0.4, 0.5) is 0 Å². The number of ether oxygens (including phenoxy) is 3. The zero-order chi connectivity index (χ0) is 63.1. The average molecular weight is 1230 g/mol. The summed E-state index contributed by atoms with van der Waals surface area (Å²) < 4.78 is 17.7. The largest absolute Gasteiger partial charge is 0.454 e. The average Bonchev–Trinajstić information content (AvgIpc) is 3.12. The summed E-state index contributed by atoms with van der Waals surface area (Å²) in [6.45, 7) is 5.84. The van der Waals surface area contributed by atoms with Crippen molar-refractivity contribution in [1.82, 2.24) is 5.32 Å². The lowest BCUT2D eigenvalue weighted by Crippen LogP contribution is -2.61. The van der Waals surface area contributed by atoms with Crippen LogP contribution in [0.15, 0.2) is 36.5 Å². The smallest absolute Gasteiger partial charge is 0.306 e. The van der Waals surface area contributed by atoms with Gasteiger partial charge in [0.25, 0.3) is 0 Å². The Labute approximate surface area is 536 Å². The predicted molar refractivity (Wildman–Crippen MR) is 366 cm³/mol. The first kappa shape index (κ1) is 82.9. The Bertz CT molecular complexity index is 1560. The molecule has 0 radical (unpaired) electrons. The van der Waals surface area contributed by atoms with Crippen molar-refractivity contribution in [3.63, 3.8) is 0 Å². The molecule has 11 nitrogen and oxygen atoms in total. The van der Waals surface area contributed by atoms with Crippen molar-refractivity contribution in [2.75, 3.05) is 13.2 Å². The van der Waals surface area contributed by atoms with Crippen LogP contribution in [0.1, 0.15) is 374 Å². The number of carbonyl (C=O) groups excluding carboxylic acids is 2. The third kappa shape index (κ3) is 51.1.